The van der Waals surface area contributed by atoms with Crippen molar-refractivity contribution in [2.24, 2.45) is 17.8 Å². The van der Waals surface area contributed by atoms with Crippen LogP contribution in [0.15, 0.2) is 42.5 Å². The number of aryl methyl sites for hydroxylation is 1. The zero-order chi connectivity index (χ0) is 28.4. The van der Waals surface area contributed by atoms with Gasteiger partial charge in [-0.05, 0) is 74.4 Å². The molecule has 0 saturated carbocycles. The first-order valence-corrected chi connectivity index (χ1v) is 15.1. The zero-order valence-electron chi connectivity index (χ0n) is 23.3. The SMILES string of the molecule is CC(=O)N1CCC(C(=O)N(CCCN2CC3CN(C(=O)c4ccccc4Cl)CC3C2)c2ccc(C)c(Cl)c2)CC1. The summed E-state index contributed by atoms with van der Waals surface area (Å²) in [5.74, 6) is 1.04. The number of carbonyl (C=O) groups is 3. The predicted molar refractivity (Wildman–Crippen MR) is 159 cm³/mol. The van der Waals surface area contributed by atoms with Crippen LogP contribution in [0.25, 0.3) is 0 Å². The molecule has 0 N–H and O–H groups in total. The summed E-state index contributed by atoms with van der Waals surface area (Å²) < 4.78 is 0. The van der Waals surface area contributed by atoms with Gasteiger partial charge in [-0.1, -0.05) is 41.4 Å². The van der Waals surface area contributed by atoms with Gasteiger partial charge in [0.15, 0.2) is 0 Å². The highest BCUT2D eigenvalue weighted by Gasteiger charge is 2.41. The van der Waals surface area contributed by atoms with Crippen LogP contribution in [0, 0.1) is 24.7 Å². The van der Waals surface area contributed by atoms with Crippen LogP contribution >= 0.6 is 23.2 Å². The number of benzene rings is 2. The fraction of sp³-hybridized carbons (Fsp3) is 0.516. The third-order valence-electron chi connectivity index (χ3n) is 8.83. The van der Waals surface area contributed by atoms with Gasteiger partial charge in [0, 0.05) is 69.4 Å². The Morgan fingerprint density at radius 2 is 1.57 bits per heavy atom. The number of halogens is 2. The van der Waals surface area contributed by atoms with Crippen LogP contribution in [0.4, 0.5) is 5.69 Å². The number of fused-ring (bicyclic) bond motifs is 1. The van der Waals surface area contributed by atoms with Gasteiger partial charge in [-0.3, -0.25) is 14.4 Å². The van der Waals surface area contributed by atoms with Crippen molar-refractivity contribution in [2.45, 2.75) is 33.1 Å². The molecule has 2 aromatic rings. The molecular weight excluding hydrogens is 547 g/mol. The highest BCUT2D eigenvalue weighted by molar-refractivity contribution is 6.33. The van der Waals surface area contributed by atoms with Gasteiger partial charge in [0.05, 0.1) is 10.6 Å². The van der Waals surface area contributed by atoms with Crippen LogP contribution in [0.3, 0.4) is 0 Å². The first-order valence-electron chi connectivity index (χ1n) is 14.3. The molecule has 40 heavy (non-hydrogen) atoms. The van der Waals surface area contributed by atoms with Gasteiger partial charge in [0.25, 0.3) is 5.91 Å². The summed E-state index contributed by atoms with van der Waals surface area (Å²) in [5, 5.41) is 1.16. The average molecular weight is 586 g/mol. The van der Waals surface area contributed by atoms with Gasteiger partial charge in [-0.25, -0.2) is 0 Å². The molecule has 0 spiro atoms. The maximum atomic E-state index is 13.7. The molecule has 9 heteroatoms. The second-order valence-corrected chi connectivity index (χ2v) is 12.3. The molecule has 2 unspecified atom stereocenters. The first kappa shape index (κ1) is 28.9. The van der Waals surface area contributed by atoms with E-state index < -0.39 is 0 Å². The van der Waals surface area contributed by atoms with Crippen molar-refractivity contribution in [2.75, 3.05) is 57.3 Å². The molecular formula is C31H38Cl2N4O3. The maximum Gasteiger partial charge on any atom is 0.255 e. The molecule has 5 rings (SSSR count). The second-order valence-electron chi connectivity index (χ2n) is 11.5. The highest BCUT2D eigenvalue weighted by Crippen LogP contribution is 2.33. The molecule has 7 nitrogen and oxygen atoms in total. The number of hydrogen-bond donors (Lipinski definition) is 0. The summed E-state index contributed by atoms with van der Waals surface area (Å²) in [6.07, 6.45) is 2.23. The molecule has 3 amide bonds. The minimum atomic E-state index is -0.0940. The largest absolute Gasteiger partial charge is 0.343 e. The van der Waals surface area contributed by atoms with E-state index in [4.69, 9.17) is 23.2 Å². The molecule has 0 aliphatic carbocycles. The lowest BCUT2D eigenvalue weighted by Gasteiger charge is -2.34. The Kier molecular flexibility index (Phi) is 9.03. The van der Waals surface area contributed by atoms with Crippen molar-refractivity contribution in [3.05, 3.63) is 63.6 Å². The normalized spacial score (nSPS) is 21.5. The number of anilines is 1. The fourth-order valence-corrected chi connectivity index (χ4v) is 6.87. The molecule has 2 atom stereocenters. The van der Waals surface area contributed by atoms with E-state index in [1.807, 2.05) is 52.0 Å². The molecule has 2 aromatic carbocycles. The monoisotopic (exact) mass is 584 g/mol. The maximum absolute atomic E-state index is 13.7. The summed E-state index contributed by atoms with van der Waals surface area (Å²) in [6.45, 7) is 9.77. The van der Waals surface area contributed by atoms with E-state index in [9.17, 15) is 14.4 Å². The van der Waals surface area contributed by atoms with Crippen LogP contribution in [-0.2, 0) is 9.59 Å². The van der Waals surface area contributed by atoms with Gasteiger partial charge in [0.1, 0.15) is 0 Å². The predicted octanol–water partition coefficient (Wildman–Crippen LogP) is 4.99. The minimum absolute atomic E-state index is 0.0200. The Morgan fingerprint density at radius 1 is 0.900 bits per heavy atom. The molecule has 3 heterocycles. The molecule has 3 aliphatic rings. The molecule has 0 radical (unpaired) electrons. The quantitative estimate of drug-likeness (QED) is 0.460. The van der Waals surface area contributed by atoms with E-state index in [1.54, 1.807) is 19.1 Å². The van der Waals surface area contributed by atoms with Crippen molar-refractivity contribution < 1.29 is 14.4 Å². The first-order chi connectivity index (χ1) is 19.2. The third-order valence-corrected chi connectivity index (χ3v) is 9.57. The van der Waals surface area contributed by atoms with Crippen LogP contribution in [0.2, 0.25) is 10.0 Å². The lowest BCUT2D eigenvalue weighted by Crippen LogP contribution is -2.44. The summed E-state index contributed by atoms with van der Waals surface area (Å²) in [6, 6.07) is 13.1. The Bertz CT molecular complexity index is 1250. The van der Waals surface area contributed by atoms with Gasteiger partial charge in [-0.15, -0.1) is 0 Å². The van der Waals surface area contributed by atoms with Gasteiger partial charge in [0.2, 0.25) is 11.8 Å². The molecule has 214 valence electrons. The van der Waals surface area contributed by atoms with E-state index in [0.29, 0.717) is 59.9 Å². The van der Waals surface area contributed by atoms with E-state index in [0.717, 1.165) is 50.4 Å². The van der Waals surface area contributed by atoms with Crippen molar-refractivity contribution in [1.29, 1.82) is 0 Å². The lowest BCUT2D eigenvalue weighted by molar-refractivity contribution is -0.133. The highest BCUT2D eigenvalue weighted by atomic mass is 35.5. The summed E-state index contributed by atoms with van der Waals surface area (Å²) in [7, 11) is 0. The molecule has 0 bridgehead atoms. The smallest absolute Gasteiger partial charge is 0.255 e. The van der Waals surface area contributed by atoms with Crippen molar-refractivity contribution in [1.82, 2.24) is 14.7 Å². The zero-order valence-corrected chi connectivity index (χ0v) is 24.8. The Labute approximate surface area is 247 Å². The van der Waals surface area contributed by atoms with Crippen LogP contribution < -0.4 is 4.90 Å². The Balaban J connectivity index is 1.16. The van der Waals surface area contributed by atoms with E-state index in [1.165, 1.54) is 0 Å². The van der Waals surface area contributed by atoms with Crippen LogP contribution in [-0.4, -0.2) is 84.8 Å². The van der Waals surface area contributed by atoms with Crippen LogP contribution in [0.1, 0.15) is 42.1 Å². The number of piperidine rings is 1. The molecule has 3 saturated heterocycles. The van der Waals surface area contributed by atoms with Gasteiger partial charge >= 0.3 is 0 Å². The fourth-order valence-electron chi connectivity index (χ4n) is 6.47. The molecule has 3 fully saturated rings. The number of carbonyl (C=O) groups excluding carboxylic acids is 3. The standard InChI is InChI=1S/C31H38Cl2N4O3/c1-21-8-9-26(16-29(21)33)37(30(39)23-10-14-35(15-11-23)22(2)38)13-5-12-34-17-24-19-36(20-25(24)18-34)31(40)27-6-3-4-7-28(27)32/h3-4,6-9,16,23-25H,5,10-15,17-20H2,1-2H3. The second kappa shape index (κ2) is 12.5. The Hall–Kier alpha value is -2.61. The third kappa shape index (κ3) is 6.32. The number of amides is 3. The number of likely N-dealkylation sites (tertiary alicyclic amines) is 3. The van der Waals surface area contributed by atoms with Crippen LogP contribution in [0.5, 0.6) is 0 Å². The number of hydrogen-bond acceptors (Lipinski definition) is 4. The summed E-state index contributed by atoms with van der Waals surface area (Å²) in [4.78, 5) is 46.6. The van der Waals surface area contributed by atoms with Crippen molar-refractivity contribution >= 4 is 46.6 Å². The van der Waals surface area contributed by atoms with Crippen molar-refractivity contribution in [3.63, 3.8) is 0 Å². The van der Waals surface area contributed by atoms with Gasteiger partial charge in [-0.2, -0.15) is 0 Å². The lowest BCUT2D eigenvalue weighted by atomic mass is 9.94. The Morgan fingerprint density at radius 3 is 2.20 bits per heavy atom. The summed E-state index contributed by atoms with van der Waals surface area (Å²) in [5.41, 5.74) is 2.40. The summed E-state index contributed by atoms with van der Waals surface area (Å²) >= 11 is 12.7. The average Bonchev–Trinajstić information content (AvgIpc) is 3.51. The molecule has 0 aromatic heterocycles. The van der Waals surface area contributed by atoms with E-state index in [-0.39, 0.29) is 23.6 Å². The van der Waals surface area contributed by atoms with E-state index in [2.05, 4.69) is 4.90 Å². The topological polar surface area (TPSA) is 64.2 Å². The van der Waals surface area contributed by atoms with Gasteiger partial charge < -0.3 is 19.6 Å². The minimum Gasteiger partial charge on any atom is -0.343 e. The number of nitrogens with zero attached hydrogens (tertiary/aromatic N) is 4. The van der Waals surface area contributed by atoms with E-state index >= 15 is 0 Å². The van der Waals surface area contributed by atoms with Crippen molar-refractivity contribution in [3.8, 4) is 0 Å². The number of rotatable bonds is 7. The molecule has 3 aliphatic heterocycles.